The average molecular weight is 342 g/mol. The number of carbonyl (C=O) groups is 1. The molecule has 3 nitrogen and oxygen atoms in total. The minimum atomic E-state index is -0.375. The Hall–Kier alpha value is -1.55. The van der Waals surface area contributed by atoms with Crippen LogP contribution in [0.4, 0.5) is 0 Å². The zero-order valence-electron chi connectivity index (χ0n) is 11.0. The Bertz CT molecular complexity index is 714. The highest BCUT2D eigenvalue weighted by molar-refractivity contribution is 6.42. The monoisotopic (exact) mass is 340 g/mol. The van der Waals surface area contributed by atoms with Gasteiger partial charge in [-0.3, -0.25) is 4.79 Å². The third kappa shape index (κ3) is 3.97. The lowest BCUT2D eigenvalue weighted by molar-refractivity contribution is 0.0955. The lowest BCUT2D eigenvalue weighted by Gasteiger charge is -2.05. The van der Waals surface area contributed by atoms with E-state index < -0.39 is 0 Å². The molecule has 1 N–H and O–H groups in total. The van der Waals surface area contributed by atoms with Gasteiger partial charge in [-0.05, 0) is 31.2 Å². The van der Waals surface area contributed by atoms with Gasteiger partial charge < -0.3 is 0 Å². The number of hydrogen-bond donors (Lipinski definition) is 1. The molecule has 0 aliphatic heterocycles. The largest absolute Gasteiger partial charge is 0.271 e. The first-order valence-corrected chi connectivity index (χ1v) is 7.17. The number of benzene rings is 2. The quantitative estimate of drug-likeness (QED) is 0.632. The molecule has 0 radical (unpaired) electrons. The molecule has 2 aromatic carbocycles. The topological polar surface area (TPSA) is 41.5 Å². The van der Waals surface area contributed by atoms with E-state index in [9.17, 15) is 4.79 Å². The molecule has 2 rings (SSSR count). The first-order chi connectivity index (χ1) is 9.99. The molecule has 21 heavy (non-hydrogen) atoms. The van der Waals surface area contributed by atoms with Crippen LogP contribution in [0.15, 0.2) is 47.6 Å². The molecule has 1 amide bonds. The van der Waals surface area contributed by atoms with Gasteiger partial charge in [0.05, 0.1) is 15.8 Å². The summed E-state index contributed by atoms with van der Waals surface area (Å²) >= 11 is 17.7. The third-order valence-corrected chi connectivity index (χ3v) is 3.84. The van der Waals surface area contributed by atoms with Gasteiger partial charge in [0, 0.05) is 16.1 Å². The van der Waals surface area contributed by atoms with E-state index in [1.165, 1.54) is 6.07 Å². The molecule has 0 saturated heterocycles. The molecule has 0 aromatic heterocycles. The number of carbonyl (C=O) groups excluding carboxylic acids is 1. The molecule has 2 aromatic rings. The van der Waals surface area contributed by atoms with Crippen molar-refractivity contribution in [2.24, 2.45) is 5.10 Å². The molecule has 6 heteroatoms. The molecule has 0 heterocycles. The van der Waals surface area contributed by atoms with Crippen LogP contribution in [0, 0.1) is 0 Å². The predicted octanol–water partition coefficient (Wildman–Crippen LogP) is 4.80. The summed E-state index contributed by atoms with van der Waals surface area (Å²) in [5.41, 5.74) is 4.20. The number of amides is 1. The lowest BCUT2D eigenvalue weighted by Crippen LogP contribution is -2.19. The predicted molar refractivity (Wildman–Crippen MR) is 87.6 cm³/mol. The van der Waals surface area contributed by atoms with E-state index in [-0.39, 0.29) is 5.91 Å². The average Bonchev–Trinajstić information content (AvgIpc) is 2.47. The SMILES string of the molecule is C/C(=N\NC(=O)c1ccc(Cl)c(Cl)c1)c1ccccc1Cl. The number of halogens is 3. The van der Waals surface area contributed by atoms with E-state index in [1.54, 1.807) is 25.1 Å². The molecule has 0 aliphatic carbocycles. The molecule has 108 valence electrons. The van der Waals surface area contributed by atoms with Crippen LogP contribution in [0.25, 0.3) is 0 Å². The number of hydrogen-bond acceptors (Lipinski definition) is 2. The lowest BCUT2D eigenvalue weighted by atomic mass is 10.1. The van der Waals surface area contributed by atoms with Crippen LogP contribution in [0.1, 0.15) is 22.8 Å². The van der Waals surface area contributed by atoms with Crippen molar-refractivity contribution in [1.29, 1.82) is 0 Å². The van der Waals surface area contributed by atoms with Crippen LogP contribution < -0.4 is 5.43 Å². The Kier molecular flexibility index (Phi) is 5.23. The van der Waals surface area contributed by atoms with E-state index >= 15 is 0 Å². The standard InChI is InChI=1S/C15H11Cl3N2O/c1-9(11-4-2-3-5-12(11)16)19-20-15(21)10-6-7-13(17)14(18)8-10/h2-8H,1H3,(H,20,21)/b19-9+. The van der Waals surface area contributed by atoms with Gasteiger partial charge in [-0.2, -0.15) is 5.10 Å². The van der Waals surface area contributed by atoms with Crippen LogP contribution in [0.3, 0.4) is 0 Å². The van der Waals surface area contributed by atoms with Crippen LogP contribution in [0.2, 0.25) is 15.1 Å². The number of hydrazone groups is 1. The van der Waals surface area contributed by atoms with Crippen molar-refractivity contribution >= 4 is 46.4 Å². The minimum absolute atomic E-state index is 0.316. The van der Waals surface area contributed by atoms with E-state index in [4.69, 9.17) is 34.8 Å². The van der Waals surface area contributed by atoms with Crippen molar-refractivity contribution in [2.45, 2.75) is 6.92 Å². The molecule has 0 saturated carbocycles. The van der Waals surface area contributed by atoms with Gasteiger partial charge in [-0.25, -0.2) is 5.43 Å². The Morgan fingerprint density at radius 1 is 1.00 bits per heavy atom. The van der Waals surface area contributed by atoms with Gasteiger partial charge in [0.1, 0.15) is 0 Å². The van der Waals surface area contributed by atoms with E-state index in [0.29, 0.717) is 26.3 Å². The number of nitrogens with one attached hydrogen (secondary N) is 1. The van der Waals surface area contributed by atoms with Crippen LogP contribution in [-0.4, -0.2) is 11.6 Å². The summed E-state index contributed by atoms with van der Waals surface area (Å²) in [6, 6.07) is 11.9. The molecule has 0 bridgehead atoms. The fourth-order valence-corrected chi connectivity index (χ4v) is 2.22. The summed E-state index contributed by atoms with van der Waals surface area (Å²) in [5, 5.41) is 5.32. The summed E-state index contributed by atoms with van der Waals surface area (Å²) < 4.78 is 0. The molecular formula is C15H11Cl3N2O. The Balaban J connectivity index is 2.14. The zero-order valence-corrected chi connectivity index (χ0v) is 13.3. The Morgan fingerprint density at radius 3 is 2.38 bits per heavy atom. The third-order valence-electron chi connectivity index (χ3n) is 2.77. The molecule has 0 aliphatic rings. The van der Waals surface area contributed by atoms with Crippen molar-refractivity contribution in [3.8, 4) is 0 Å². The maximum atomic E-state index is 12.0. The van der Waals surface area contributed by atoms with Crippen molar-refractivity contribution < 1.29 is 4.79 Å². The first-order valence-electron chi connectivity index (χ1n) is 6.03. The van der Waals surface area contributed by atoms with Crippen LogP contribution in [0.5, 0.6) is 0 Å². The molecule has 0 unspecified atom stereocenters. The summed E-state index contributed by atoms with van der Waals surface area (Å²) in [6.07, 6.45) is 0. The van der Waals surface area contributed by atoms with Crippen molar-refractivity contribution in [2.75, 3.05) is 0 Å². The van der Waals surface area contributed by atoms with E-state index in [0.717, 1.165) is 5.56 Å². The molecule has 0 fully saturated rings. The van der Waals surface area contributed by atoms with E-state index in [2.05, 4.69) is 10.5 Å². The molecular weight excluding hydrogens is 331 g/mol. The Labute approximate surface area is 137 Å². The fraction of sp³-hybridized carbons (Fsp3) is 0.0667. The van der Waals surface area contributed by atoms with Gasteiger partial charge in [0.15, 0.2) is 0 Å². The van der Waals surface area contributed by atoms with Gasteiger partial charge in [0.25, 0.3) is 5.91 Å². The van der Waals surface area contributed by atoms with Gasteiger partial charge in [-0.1, -0.05) is 53.0 Å². The maximum absolute atomic E-state index is 12.0. The smallest absolute Gasteiger partial charge is 0.267 e. The maximum Gasteiger partial charge on any atom is 0.271 e. The van der Waals surface area contributed by atoms with Gasteiger partial charge in [0.2, 0.25) is 0 Å². The minimum Gasteiger partial charge on any atom is -0.267 e. The second-order valence-corrected chi connectivity index (χ2v) is 5.47. The highest BCUT2D eigenvalue weighted by atomic mass is 35.5. The summed E-state index contributed by atoms with van der Waals surface area (Å²) in [6.45, 7) is 1.76. The van der Waals surface area contributed by atoms with Gasteiger partial charge in [-0.15, -0.1) is 0 Å². The van der Waals surface area contributed by atoms with Crippen molar-refractivity contribution in [3.05, 3.63) is 68.7 Å². The number of rotatable bonds is 3. The second kappa shape index (κ2) is 6.94. The summed E-state index contributed by atoms with van der Waals surface area (Å²) in [5.74, 6) is -0.375. The van der Waals surface area contributed by atoms with Crippen LogP contribution >= 0.6 is 34.8 Å². The highest BCUT2D eigenvalue weighted by Crippen LogP contribution is 2.22. The fourth-order valence-electron chi connectivity index (χ4n) is 1.65. The first kappa shape index (κ1) is 15.8. The van der Waals surface area contributed by atoms with Crippen LogP contribution in [-0.2, 0) is 0 Å². The van der Waals surface area contributed by atoms with Crippen molar-refractivity contribution in [3.63, 3.8) is 0 Å². The molecule has 0 atom stereocenters. The second-order valence-electron chi connectivity index (χ2n) is 4.25. The normalized spacial score (nSPS) is 11.3. The molecule has 0 spiro atoms. The number of nitrogens with zero attached hydrogens (tertiary/aromatic N) is 1. The zero-order chi connectivity index (χ0) is 15.4. The van der Waals surface area contributed by atoms with Crippen molar-refractivity contribution in [1.82, 2.24) is 5.43 Å². The Morgan fingerprint density at radius 2 is 1.71 bits per heavy atom. The summed E-state index contributed by atoms with van der Waals surface area (Å²) in [7, 11) is 0. The summed E-state index contributed by atoms with van der Waals surface area (Å²) in [4.78, 5) is 12.0. The highest BCUT2D eigenvalue weighted by Gasteiger charge is 2.08. The van der Waals surface area contributed by atoms with E-state index in [1.807, 2.05) is 18.2 Å². The van der Waals surface area contributed by atoms with Gasteiger partial charge >= 0.3 is 0 Å².